The van der Waals surface area contributed by atoms with Gasteiger partial charge in [0.15, 0.2) is 0 Å². The predicted octanol–water partition coefficient (Wildman–Crippen LogP) is 3.09. The highest BCUT2D eigenvalue weighted by Crippen LogP contribution is 2.38. The summed E-state index contributed by atoms with van der Waals surface area (Å²) in [6.07, 6.45) is 13.3. The van der Waals surface area contributed by atoms with Gasteiger partial charge in [-0.3, -0.25) is 4.90 Å². The van der Waals surface area contributed by atoms with Crippen LogP contribution in [0.15, 0.2) is 24.8 Å². The van der Waals surface area contributed by atoms with E-state index < -0.39 is 0 Å². The molecule has 3 fully saturated rings. The molecule has 5 rings (SSSR count). The van der Waals surface area contributed by atoms with Crippen molar-refractivity contribution in [2.45, 2.75) is 70.0 Å². The monoisotopic (exact) mass is 364 g/mol. The average Bonchev–Trinajstić information content (AvgIpc) is 3.58. The van der Waals surface area contributed by atoms with Crippen LogP contribution in [0.25, 0.3) is 0 Å². The van der Waals surface area contributed by atoms with E-state index in [0.717, 1.165) is 37.0 Å². The third-order valence-corrected chi connectivity index (χ3v) is 6.02. The maximum absolute atomic E-state index is 4.58. The van der Waals surface area contributed by atoms with Gasteiger partial charge >= 0.3 is 0 Å². The standard InChI is InChI=1S/C21H28N6/c1-15-10-20(25-14-24-15)27(18-4-5-18)19-6-8-26(9-7-19)13-16-11-22-21(23-12-16)17-2-3-17/h10-12,14,17-19H,2-9,13H2,1H3. The minimum atomic E-state index is 0.594. The molecule has 0 radical (unpaired) electrons. The molecule has 1 aliphatic heterocycles. The minimum absolute atomic E-state index is 0.594. The van der Waals surface area contributed by atoms with E-state index in [1.807, 2.05) is 12.4 Å². The Morgan fingerprint density at radius 3 is 2.26 bits per heavy atom. The fourth-order valence-corrected chi connectivity index (χ4v) is 4.22. The van der Waals surface area contributed by atoms with Gasteiger partial charge in [0.25, 0.3) is 0 Å². The van der Waals surface area contributed by atoms with Crippen LogP contribution in [0.2, 0.25) is 0 Å². The number of anilines is 1. The number of piperidine rings is 1. The Bertz CT molecular complexity index is 776. The van der Waals surface area contributed by atoms with Gasteiger partial charge in [-0.25, -0.2) is 19.9 Å². The molecule has 3 aliphatic rings. The number of rotatable bonds is 6. The molecule has 6 nitrogen and oxygen atoms in total. The van der Waals surface area contributed by atoms with Crippen LogP contribution in [0.1, 0.15) is 61.5 Å². The van der Waals surface area contributed by atoms with Crippen molar-refractivity contribution in [2.24, 2.45) is 0 Å². The number of nitrogens with zero attached hydrogens (tertiary/aromatic N) is 6. The topological polar surface area (TPSA) is 58.0 Å². The summed E-state index contributed by atoms with van der Waals surface area (Å²) >= 11 is 0. The zero-order valence-electron chi connectivity index (χ0n) is 16.1. The second kappa shape index (κ2) is 7.15. The maximum Gasteiger partial charge on any atom is 0.132 e. The molecule has 2 aromatic rings. The molecule has 6 heteroatoms. The van der Waals surface area contributed by atoms with Crippen LogP contribution < -0.4 is 4.90 Å². The Hall–Kier alpha value is -2.08. The van der Waals surface area contributed by atoms with E-state index in [9.17, 15) is 0 Å². The minimum Gasteiger partial charge on any atom is -0.350 e. The van der Waals surface area contributed by atoms with Crippen LogP contribution in [-0.4, -0.2) is 50.0 Å². The Kier molecular flexibility index (Phi) is 4.52. The highest BCUT2D eigenvalue weighted by Gasteiger charge is 2.36. The molecule has 0 aromatic carbocycles. The quantitative estimate of drug-likeness (QED) is 0.785. The van der Waals surface area contributed by atoms with Crippen LogP contribution in [0.3, 0.4) is 0 Å². The molecule has 0 N–H and O–H groups in total. The van der Waals surface area contributed by atoms with E-state index in [1.54, 1.807) is 6.33 Å². The maximum atomic E-state index is 4.58. The van der Waals surface area contributed by atoms with Crippen LogP contribution in [-0.2, 0) is 6.54 Å². The van der Waals surface area contributed by atoms with E-state index in [1.165, 1.54) is 44.1 Å². The first-order valence-corrected chi connectivity index (χ1v) is 10.4. The Morgan fingerprint density at radius 2 is 1.63 bits per heavy atom. The summed E-state index contributed by atoms with van der Waals surface area (Å²) in [6, 6.07) is 3.42. The first-order chi connectivity index (χ1) is 13.3. The second-order valence-electron chi connectivity index (χ2n) is 8.39. The molecule has 0 spiro atoms. The van der Waals surface area contributed by atoms with E-state index in [4.69, 9.17) is 0 Å². The Labute approximate surface area is 161 Å². The molecule has 2 aromatic heterocycles. The number of aryl methyl sites for hydroxylation is 1. The summed E-state index contributed by atoms with van der Waals surface area (Å²) < 4.78 is 0. The van der Waals surface area contributed by atoms with Crippen molar-refractivity contribution in [3.8, 4) is 0 Å². The summed E-state index contributed by atoms with van der Waals surface area (Å²) in [6.45, 7) is 5.27. The van der Waals surface area contributed by atoms with Crippen molar-refractivity contribution >= 4 is 5.82 Å². The second-order valence-corrected chi connectivity index (χ2v) is 8.39. The summed E-state index contributed by atoms with van der Waals surface area (Å²) in [5.74, 6) is 2.79. The number of hydrogen-bond acceptors (Lipinski definition) is 6. The van der Waals surface area contributed by atoms with E-state index in [2.05, 4.69) is 42.7 Å². The van der Waals surface area contributed by atoms with Gasteiger partial charge in [0.1, 0.15) is 18.0 Å². The van der Waals surface area contributed by atoms with Crippen molar-refractivity contribution in [2.75, 3.05) is 18.0 Å². The molecule has 2 aliphatic carbocycles. The molecule has 0 amide bonds. The molecule has 0 bridgehead atoms. The first-order valence-electron chi connectivity index (χ1n) is 10.4. The van der Waals surface area contributed by atoms with E-state index >= 15 is 0 Å². The third-order valence-electron chi connectivity index (χ3n) is 6.02. The van der Waals surface area contributed by atoms with Crippen molar-refractivity contribution in [1.82, 2.24) is 24.8 Å². The van der Waals surface area contributed by atoms with Gasteiger partial charge < -0.3 is 4.90 Å². The van der Waals surface area contributed by atoms with Crippen molar-refractivity contribution in [1.29, 1.82) is 0 Å². The van der Waals surface area contributed by atoms with Crippen molar-refractivity contribution < 1.29 is 0 Å². The highest BCUT2D eigenvalue weighted by atomic mass is 15.3. The van der Waals surface area contributed by atoms with Crippen LogP contribution in [0, 0.1) is 6.92 Å². The van der Waals surface area contributed by atoms with Gasteiger partial charge in [-0.2, -0.15) is 0 Å². The molecular formula is C21H28N6. The number of likely N-dealkylation sites (tertiary alicyclic amines) is 1. The molecule has 0 unspecified atom stereocenters. The molecule has 0 atom stereocenters. The Balaban J connectivity index is 1.20. The SMILES string of the molecule is Cc1cc(N(C2CC2)C2CCN(Cc3cnc(C4CC4)nc3)CC2)ncn1. The fraction of sp³-hybridized carbons (Fsp3) is 0.619. The van der Waals surface area contributed by atoms with Crippen molar-refractivity contribution in [3.63, 3.8) is 0 Å². The van der Waals surface area contributed by atoms with Gasteiger partial charge in [-0.15, -0.1) is 0 Å². The van der Waals surface area contributed by atoms with E-state index in [-0.39, 0.29) is 0 Å². The summed E-state index contributed by atoms with van der Waals surface area (Å²) in [5, 5.41) is 0. The molecular weight excluding hydrogens is 336 g/mol. The molecule has 2 saturated carbocycles. The normalized spacial score (nSPS) is 21.4. The molecule has 27 heavy (non-hydrogen) atoms. The lowest BCUT2D eigenvalue weighted by atomic mass is 10.0. The molecule has 3 heterocycles. The van der Waals surface area contributed by atoms with E-state index in [0.29, 0.717) is 18.0 Å². The van der Waals surface area contributed by atoms with Crippen molar-refractivity contribution in [3.05, 3.63) is 41.9 Å². The summed E-state index contributed by atoms with van der Waals surface area (Å²) in [4.78, 5) is 23.1. The lowest BCUT2D eigenvalue weighted by molar-refractivity contribution is 0.200. The zero-order chi connectivity index (χ0) is 18.2. The third kappa shape index (κ3) is 3.95. The summed E-state index contributed by atoms with van der Waals surface area (Å²) in [5.41, 5.74) is 2.29. The average molecular weight is 364 g/mol. The highest BCUT2D eigenvalue weighted by molar-refractivity contribution is 5.43. The first kappa shape index (κ1) is 17.0. The predicted molar refractivity (Wildman–Crippen MR) is 105 cm³/mol. The molecule has 1 saturated heterocycles. The zero-order valence-corrected chi connectivity index (χ0v) is 16.1. The van der Waals surface area contributed by atoms with Crippen LogP contribution in [0.4, 0.5) is 5.82 Å². The van der Waals surface area contributed by atoms with Gasteiger partial charge in [0, 0.05) is 67.4 Å². The Morgan fingerprint density at radius 1 is 0.926 bits per heavy atom. The van der Waals surface area contributed by atoms with Gasteiger partial charge in [0.05, 0.1) is 0 Å². The van der Waals surface area contributed by atoms with Crippen LogP contribution >= 0.6 is 0 Å². The summed E-state index contributed by atoms with van der Waals surface area (Å²) in [7, 11) is 0. The molecule has 142 valence electrons. The smallest absolute Gasteiger partial charge is 0.132 e. The van der Waals surface area contributed by atoms with Gasteiger partial charge in [-0.1, -0.05) is 0 Å². The van der Waals surface area contributed by atoms with Gasteiger partial charge in [-0.05, 0) is 45.4 Å². The fourth-order valence-electron chi connectivity index (χ4n) is 4.22. The lowest BCUT2D eigenvalue weighted by Crippen LogP contribution is -2.46. The van der Waals surface area contributed by atoms with Gasteiger partial charge in [0.2, 0.25) is 0 Å². The number of hydrogen-bond donors (Lipinski definition) is 0. The van der Waals surface area contributed by atoms with Crippen LogP contribution in [0.5, 0.6) is 0 Å². The largest absolute Gasteiger partial charge is 0.350 e. The number of aromatic nitrogens is 4. The lowest BCUT2D eigenvalue weighted by Gasteiger charge is -2.39.